The highest BCUT2D eigenvalue weighted by molar-refractivity contribution is 7.99. The Morgan fingerprint density at radius 3 is 2.55 bits per heavy atom. The number of halogens is 1. The van der Waals surface area contributed by atoms with Crippen molar-refractivity contribution in [3.8, 4) is 0 Å². The first-order valence-electron chi connectivity index (χ1n) is 5.94. The lowest BCUT2D eigenvalue weighted by Crippen LogP contribution is -2.41. The van der Waals surface area contributed by atoms with Crippen molar-refractivity contribution in [3.05, 3.63) is 23.5 Å². The molecule has 0 bridgehead atoms. The van der Waals surface area contributed by atoms with Gasteiger partial charge in [0, 0.05) is 22.5 Å². The Balaban J connectivity index is 3.06. The summed E-state index contributed by atoms with van der Waals surface area (Å²) in [5.41, 5.74) is 5.89. The van der Waals surface area contributed by atoms with Gasteiger partial charge in [-0.25, -0.2) is 17.5 Å². The lowest BCUT2D eigenvalue weighted by Gasteiger charge is -2.21. The van der Waals surface area contributed by atoms with Crippen molar-refractivity contribution in [2.75, 3.05) is 18.6 Å². The molecule has 114 valence electrons. The van der Waals surface area contributed by atoms with Crippen molar-refractivity contribution in [1.82, 2.24) is 4.72 Å². The Labute approximate surface area is 122 Å². The molecule has 0 heterocycles. The largest absolute Gasteiger partial charge is 0.398 e. The van der Waals surface area contributed by atoms with Crippen LogP contribution in [0.25, 0.3) is 0 Å². The topological polar surface area (TPSA) is 92.4 Å². The van der Waals surface area contributed by atoms with Gasteiger partial charge in [0.25, 0.3) is 0 Å². The molecule has 0 spiro atoms. The smallest absolute Gasteiger partial charge is 0.241 e. The molecular weight excluding hydrogens is 303 g/mol. The van der Waals surface area contributed by atoms with E-state index in [0.29, 0.717) is 0 Å². The summed E-state index contributed by atoms with van der Waals surface area (Å²) in [5, 5.41) is 8.87. The minimum atomic E-state index is -3.88. The third-order valence-electron chi connectivity index (χ3n) is 3.05. The van der Waals surface area contributed by atoms with Gasteiger partial charge < -0.3 is 10.8 Å². The summed E-state index contributed by atoms with van der Waals surface area (Å²) in [6.07, 6.45) is 1.77. The number of hydrogen-bond donors (Lipinski definition) is 3. The number of hydrogen-bond acceptors (Lipinski definition) is 5. The molecule has 2 atom stereocenters. The van der Waals surface area contributed by atoms with Crippen LogP contribution in [0.5, 0.6) is 0 Å². The fourth-order valence-corrected chi connectivity index (χ4v) is 3.70. The number of aliphatic hydroxyl groups excluding tert-OH is 1. The van der Waals surface area contributed by atoms with Gasteiger partial charge in [0.1, 0.15) is 5.82 Å². The predicted octanol–water partition coefficient (Wildman–Crippen LogP) is 1.11. The second-order valence-corrected chi connectivity index (χ2v) is 7.28. The fraction of sp³-hybridized carbons (Fsp3) is 0.500. The molecule has 5 nitrogen and oxygen atoms in total. The van der Waals surface area contributed by atoms with Gasteiger partial charge >= 0.3 is 0 Å². The maximum atomic E-state index is 13.6. The molecule has 1 aromatic carbocycles. The highest BCUT2D eigenvalue weighted by atomic mass is 32.2. The zero-order valence-corrected chi connectivity index (χ0v) is 13.2. The van der Waals surface area contributed by atoms with E-state index < -0.39 is 21.9 Å². The monoisotopic (exact) mass is 322 g/mol. The molecular formula is C12H19FN2O3S2. The first-order valence-corrected chi connectivity index (χ1v) is 8.71. The second-order valence-electron chi connectivity index (χ2n) is 4.49. The van der Waals surface area contributed by atoms with Crippen molar-refractivity contribution in [3.63, 3.8) is 0 Å². The van der Waals surface area contributed by atoms with E-state index in [4.69, 9.17) is 10.8 Å². The van der Waals surface area contributed by atoms with E-state index in [1.807, 2.05) is 0 Å². The molecule has 0 saturated carbocycles. The second kappa shape index (κ2) is 6.75. The number of nitrogens with two attached hydrogens (primary N) is 1. The molecule has 1 aromatic rings. The number of benzene rings is 1. The normalized spacial score (nSPS) is 15.1. The fourth-order valence-electron chi connectivity index (χ4n) is 1.65. The molecule has 0 aliphatic heterocycles. The van der Waals surface area contributed by atoms with Gasteiger partial charge in [-0.3, -0.25) is 0 Å². The molecule has 20 heavy (non-hydrogen) atoms. The van der Waals surface area contributed by atoms with E-state index in [1.165, 1.54) is 24.8 Å². The Bertz CT molecular complexity index is 551. The average molecular weight is 322 g/mol. The van der Waals surface area contributed by atoms with E-state index in [0.717, 1.165) is 6.07 Å². The summed E-state index contributed by atoms with van der Waals surface area (Å²) in [6.45, 7) is 2.96. The molecule has 0 aromatic heterocycles. The third-order valence-corrected chi connectivity index (χ3v) is 5.75. The lowest BCUT2D eigenvalue weighted by molar-refractivity contribution is 0.282. The van der Waals surface area contributed by atoms with E-state index in [-0.39, 0.29) is 28.0 Å². The third kappa shape index (κ3) is 3.85. The highest BCUT2D eigenvalue weighted by Crippen LogP contribution is 2.22. The number of nitrogens with one attached hydrogen (secondary N) is 1. The van der Waals surface area contributed by atoms with Gasteiger partial charge in [-0.2, -0.15) is 11.8 Å². The number of anilines is 1. The zero-order chi connectivity index (χ0) is 15.5. The summed E-state index contributed by atoms with van der Waals surface area (Å²) in [5.74, 6) is -0.665. The van der Waals surface area contributed by atoms with Crippen LogP contribution in [0.1, 0.15) is 12.5 Å². The first kappa shape index (κ1) is 17.2. The number of sulfonamides is 1. The Hall–Kier alpha value is -0.830. The molecule has 0 saturated heterocycles. The van der Waals surface area contributed by atoms with Crippen LogP contribution in [0.3, 0.4) is 0 Å². The van der Waals surface area contributed by atoms with Crippen LogP contribution in [0, 0.1) is 12.7 Å². The Morgan fingerprint density at radius 1 is 1.50 bits per heavy atom. The summed E-state index contributed by atoms with van der Waals surface area (Å²) in [4.78, 5) is -0.220. The van der Waals surface area contributed by atoms with Crippen molar-refractivity contribution in [2.45, 2.75) is 30.0 Å². The van der Waals surface area contributed by atoms with Gasteiger partial charge in [0.2, 0.25) is 10.0 Å². The number of rotatable bonds is 6. The zero-order valence-electron chi connectivity index (χ0n) is 11.6. The molecule has 8 heteroatoms. The average Bonchev–Trinajstić information content (AvgIpc) is 2.36. The minimum Gasteiger partial charge on any atom is -0.398 e. The molecule has 0 aliphatic rings. The standard InChI is InChI=1S/C12H19FN2O3S2/c1-7-10(13)4-9(5-11(7)14)20(17,18)15-8(2)12(6-16)19-3/h4-5,8,12,15-16H,6,14H2,1-3H3. The molecule has 0 fully saturated rings. The Kier molecular flexibility index (Phi) is 5.81. The van der Waals surface area contributed by atoms with Gasteiger partial charge in [-0.1, -0.05) is 0 Å². The molecule has 4 N–H and O–H groups in total. The van der Waals surface area contributed by atoms with Crippen LogP contribution in [-0.4, -0.2) is 37.7 Å². The summed E-state index contributed by atoms with van der Waals surface area (Å²) >= 11 is 1.35. The van der Waals surface area contributed by atoms with Gasteiger partial charge in [0.05, 0.1) is 11.5 Å². The maximum absolute atomic E-state index is 13.6. The first-order chi connectivity index (χ1) is 9.22. The summed E-state index contributed by atoms with van der Waals surface area (Å²) in [6, 6.07) is 1.67. The Morgan fingerprint density at radius 2 is 2.10 bits per heavy atom. The van der Waals surface area contributed by atoms with Crippen molar-refractivity contribution in [1.29, 1.82) is 0 Å². The summed E-state index contributed by atoms with van der Waals surface area (Å²) in [7, 11) is -3.88. The maximum Gasteiger partial charge on any atom is 0.241 e. The van der Waals surface area contributed by atoms with Crippen molar-refractivity contribution in [2.24, 2.45) is 0 Å². The predicted molar refractivity (Wildman–Crippen MR) is 79.7 cm³/mol. The van der Waals surface area contributed by atoms with Crippen molar-refractivity contribution >= 4 is 27.5 Å². The van der Waals surface area contributed by atoms with Crippen LogP contribution in [0.15, 0.2) is 17.0 Å². The molecule has 0 radical (unpaired) electrons. The summed E-state index contributed by atoms with van der Waals surface area (Å²) < 4.78 is 40.3. The van der Waals surface area contributed by atoms with Crippen LogP contribution in [0.2, 0.25) is 0 Å². The van der Waals surface area contributed by atoms with Crippen molar-refractivity contribution < 1.29 is 17.9 Å². The molecule has 0 amide bonds. The van der Waals surface area contributed by atoms with Gasteiger partial charge in [0.15, 0.2) is 0 Å². The van der Waals surface area contributed by atoms with Crippen LogP contribution in [-0.2, 0) is 10.0 Å². The number of aliphatic hydroxyl groups is 1. The van der Waals surface area contributed by atoms with Crippen LogP contribution in [0.4, 0.5) is 10.1 Å². The highest BCUT2D eigenvalue weighted by Gasteiger charge is 2.24. The van der Waals surface area contributed by atoms with E-state index in [2.05, 4.69) is 4.72 Å². The molecule has 2 unspecified atom stereocenters. The van der Waals surface area contributed by atoms with Gasteiger partial charge in [-0.15, -0.1) is 0 Å². The van der Waals surface area contributed by atoms with Crippen LogP contribution >= 0.6 is 11.8 Å². The number of nitrogen functional groups attached to an aromatic ring is 1. The van der Waals surface area contributed by atoms with E-state index in [1.54, 1.807) is 13.2 Å². The number of thioether (sulfide) groups is 1. The van der Waals surface area contributed by atoms with Crippen LogP contribution < -0.4 is 10.5 Å². The van der Waals surface area contributed by atoms with E-state index in [9.17, 15) is 12.8 Å². The lowest BCUT2D eigenvalue weighted by atomic mass is 10.2. The SMILES string of the molecule is CSC(CO)C(C)NS(=O)(=O)c1cc(N)c(C)c(F)c1. The quantitative estimate of drug-likeness (QED) is 0.682. The molecule has 1 rings (SSSR count). The molecule has 0 aliphatic carbocycles. The minimum absolute atomic E-state index is 0.0848. The van der Waals surface area contributed by atoms with Gasteiger partial charge in [-0.05, 0) is 32.2 Å². The van der Waals surface area contributed by atoms with E-state index >= 15 is 0 Å².